The quantitative estimate of drug-likeness (QED) is 0.120. The normalized spacial score (nSPS) is 19.1. The number of carboxylic acids is 1. The third-order valence-electron chi connectivity index (χ3n) is 14.4. The molecule has 6 aromatic rings. The smallest absolute Gasteiger partial charge is 0.390 e. The highest BCUT2D eigenvalue weighted by Crippen LogP contribution is 2.45. The van der Waals surface area contributed by atoms with E-state index in [4.69, 9.17) is 0 Å². The summed E-state index contributed by atoms with van der Waals surface area (Å²) < 4.78 is 37.9. The van der Waals surface area contributed by atoms with Crippen LogP contribution in [0.5, 0.6) is 0 Å². The van der Waals surface area contributed by atoms with Gasteiger partial charge in [0, 0.05) is 67.9 Å². The summed E-state index contributed by atoms with van der Waals surface area (Å²) in [4.78, 5) is 61.6. The van der Waals surface area contributed by atoms with Crippen LogP contribution in [0.1, 0.15) is 88.1 Å². The number of alkyl halides is 3. The molecule has 2 aliphatic carbocycles. The molecule has 2 atom stereocenters. The van der Waals surface area contributed by atoms with Crippen molar-refractivity contribution in [3.8, 4) is 0 Å². The van der Waals surface area contributed by atoms with E-state index in [-0.39, 0.29) is 24.3 Å². The zero-order valence-electron chi connectivity index (χ0n) is 38.2. The van der Waals surface area contributed by atoms with Crippen molar-refractivity contribution in [1.82, 2.24) is 24.8 Å². The van der Waals surface area contributed by atoms with E-state index in [0.717, 1.165) is 115 Å². The van der Waals surface area contributed by atoms with Crippen molar-refractivity contribution in [2.45, 2.75) is 89.9 Å². The number of hydrogen-bond donors (Lipinski definition) is 3. The summed E-state index contributed by atoms with van der Waals surface area (Å²) >= 11 is 3.16. The van der Waals surface area contributed by atoms with Crippen molar-refractivity contribution in [3.63, 3.8) is 0 Å². The maximum Gasteiger partial charge on any atom is 0.390 e. The Labute approximate surface area is 404 Å². The van der Waals surface area contributed by atoms with Crippen LogP contribution in [0, 0.1) is 11.8 Å². The maximum absolute atomic E-state index is 12.9. The van der Waals surface area contributed by atoms with Gasteiger partial charge in [-0.1, -0.05) is 0 Å². The molecule has 2 fully saturated rings. The maximum atomic E-state index is 12.9. The zero-order chi connectivity index (χ0) is 47.4. The number of benzene rings is 2. The molecule has 2 aromatic carbocycles. The minimum Gasteiger partial charge on any atom is -0.481 e. The molecule has 14 nitrogen and oxygen atoms in total. The highest BCUT2D eigenvalue weighted by Gasteiger charge is 2.34. The monoisotopic (exact) mass is 975 g/mol. The van der Waals surface area contributed by atoms with E-state index in [9.17, 15) is 27.9 Å². The molecule has 3 N–H and O–H groups in total. The largest absolute Gasteiger partial charge is 0.481 e. The third kappa shape index (κ3) is 9.10. The second kappa shape index (κ2) is 18.6. The van der Waals surface area contributed by atoms with Crippen molar-refractivity contribution in [2.75, 3.05) is 60.2 Å². The van der Waals surface area contributed by atoms with Crippen LogP contribution in [0.2, 0.25) is 0 Å². The Morgan fingerprint density at radius 3 is 1.68 bits per heavy atom. The standard InChI is InChI=1S/C27H29F3N6OS.C23H23N5O2S/c1-35(9-6-27(28,29)30)26(37)16-4-5-19-22(12-16)38-25-23(19)24(32-15-33-25)34-20-10-17-13-31-14-18(17)11-21(20)36-7-2-3-8-36;29-23(30)13-3-4-16-19(9-13)31-22-20(16)21(25-12-26-22)27-17-7-14-10-24-11-15(14)8-18(17)28-5-1-2-6-28/h10-11,13,15-16H,2-9,12,14H2,1H3,(H,32,33,34);7-8,10,12-13H,1-6,9,11H2,(H,29,30)(H,25,26,27)/t16-;13-/m00/s1. The summed E-state index contributed by atoms with van der Waals surface area (Å²) in [6.07, 6.45) is 10.3. The molecule has 19 heteroatoms. The van der Waals surface area contributed by atoms with Crippen LogP contribution >= 0.6 is 22.7 Å². The van der Waals surface area contributed by atoms with Crippen LogP contribution in [0.4, 0.5) is 47.6 Å². The number of aryl methyl sites for hydroxylation is 2. The van der Waals surface area contributed by atoms with Gasteiger partial charge in [-0.25, -0.2) is 19.9 Å². The van der Waals surface area contributed by atoms with Gasteiger partial charge in [-0.3, -0.25) is 19.6 Å². The van der Waals surface area contributed by atoms with E-state index in [1.165, 1.54) is 60.0 Å². The van der Waals surface area contributed by atoms with Gasteiger partial charge in [0.25, 0.3) is 0 Å². The van der Waals surface area contributed by atoms with Crippen molar-refractivity contribution < 1.29 is 27.9 Å². The predicted octanol–water partition coefficient (Wildman–Crippen LogP) is 9.64. The first kappa shape index (κ1) is 45.2. The number of aliphatic imine (C=N–C) groups is 2. The minimum absolute atomic E-state index is 0.225. The summed E-state index contributed by atoms with van der Waals surface area (Å²) in [6, 6.07) is 8.85. The van der Waals surface area contributed by atoms with Gasteiger partial charge in [-0.05, 0) is 122 Å². The van der Waals surface area contributed by atoms with E-state index < -0.39 is 18.6 Å². The Morgan fingerprint density at radius 2 is 1.20 bits per heavy atom. The van der Waals surface area contributed by atoms with Gasteiger partial charge in [0.1, 0.15) is 34.0 Å². The molecule has 0 unspecified atom stereocenters. The second-order valence-electron chi connectivity index (χ2n) is 18.9. The number of halogens is 3. The Hall–Kier alpha value is -6.21. The summed E-state index contributed by atoms with van der Waals surface area (Å²) in [7, 11) is 1.46. The number of carbonyl (C=O) groups is 2. The minimum atomic E-state index is -4.28. The molecule has 0 saturated carbocycles. The zero-order valence-corrected chi connectivity index (χ0v) is 39.9. The summed E-state index contributed by atoms with van der Waals surface area (Å²) in [5, 5.41) is 18.7. The van der Waals surface area contributed by atoms with Crippen LogP contribution < -0.4 is 20.4 Å². The lowest BCUT2D eigenvalue weighted by atomic mass is 9.87. The van der Waals surface area contributed by atoms with Gasteiger partial charge >= 0.3 is 12.1 Å². The number of rotatable bonds is 10. The number of nitrogens with one attached hydrogen (secondary N) is 2. The van der Waals surface area contributed by atoms with Crippen molar-refractivity contribution in [2.24, 2.45) is 21.8 Å². The van der Waals surface area contributed by atoms with E-state index in [1.54, 1.807) is 35.3 Å². The van der Waals surface area contributed by atoms with Gasteiger partial charge in [0.2, 0.25) is 5.91 Å². The van der Waals surface area contributed by atoms with Gasteiger partial charge < -0.3 is 30.4 Å². The lowest BCUT2D eigenvalue weighted by Gasteiger charge is -2.27. The summed E-state index contributed by atoms with van der Waals surface area (Å²) in [5.74, 6) is -0.000380. The summed E-state index contributed by atoms with van der Waals surface area (Å²) in [6.45, 7) is 5.31. The molecule has 0 radical (unpaired) electrons. The van der Waals surface area contributed by atoms with Gasteiger partial charge in [-0.15, -0.1) is 22.7 Å². The molecule has 8 heterocycles. The van der Waals surface area contributed by atoms with E-state index in [0.29, 0.717) is 38.6 Å². The van der Waals surface area contributed by atoms with Crippen LogP contribution in [0.3, 0.4) is 0 Å². The van der Waals surface area contributed by atoms with Crippen molar-refractivity contribution in [3.05, 3.63) is 80.1 Å². The van der Waals surface area contributed by atoms with Crippen LogP contribution in [0.25, 0.3) is 20.4 Å². The summed E-state index contributed by atoms with van der Waals surface area (Å²) in [5.41, 5.74) is 11.5. The molecular formula is C50H52F3N11O3S2. The highest BCUT2D eigenvalue weighted by molar-refractivity contribution is 7.19. The first-order chi connectivity index (χ1) is 33.4. The molecule has 358 valence electrons. The van der Waals surface area contributed by atoms with Gasteiger partial charge in [-0.2, -0.15) is 13.2 Å². The Kier molecular flexibility index (Phi) is 12.2. The van der Waals surface area contributed by atoms with Gasteiger partial charge in [0.05, 0.1) is 59.0 Å². The molecule has 4 aromatic heterocycles. The second-order valence-corrected chi connectivity index (χ2v) is 21.0. The highest BCUT2D eigenvalue weighted by atomic mass is 32.1. The number of amides is 1. The molecule has 0 spiro atoms. The van der Waals surface area contributed by atoms with Crippen molar-refractivity contribution in [1.29, 1.82) is 0 Å². The third-order valence-corrected chi connectivity index (χ3v) is 16.7. The number of carboxylic acid groups (broad SMARTS) is 1. The lowest BCUT2D eigenvalue weighted by Crippen LogP contribution is -2.37. The van der Waals surface area contributed by atoms with E-state index in [1.807, 2.05) is 12.4 Å². The SMILES string of the molecule is CN(CCC(F)(F)F)C(=O)[C@H]1CCc2c(sc3ncnc(Nc4cc5c(cc4N4CCCC4)CN=C5)c23)C1.O=C(O)[C@H]1CCc2c(sc3ncnc(Nc4cc5c(cc4N4CCCC4)CN=C5)c23)C1. The number of thiophene rings is 2. The number of aromatic nitrogens is 4. The Morgan fingerprint density at radius 1 is 0.725 bits per heavy atom. The Balaban J connectivity index is 0.000000154. The van der Waals surface area contributed by atoms with Crippen LogP contribution in [-0.2, 0) is 48.4 Å². The van der Waals surface area contributed by atoms with Crippen LogP contribution in [-0.4, -0.2) is 100 Å². The fourth-order valence-electron chi connectivity index (χ4n) is 10.7. The Bertz CT molecular complexity index is 3050. The van der Waals surface area contributed by atoms with Crippen LogP contribution in [0.15, 0.2) is 46.9 Å². The first-order valence-electron chi connectivity index (χ1n) is 23.9. The number of hydrogen-bond acceptors (Lipinski definition) is 14. The topological polar surface area (TPSA) is 164 Å². The molecule has 2 saturated heterocycles. The van der Waals surface area contributed by atoms with Gasteiger partial charge in [0.15, 0.2) is 0 Å². The van der Waals surface area contributed by atoms with Crippen molar-refractivity contribution >= 4 is 102 Å². The molecule has 4 aliphatic heterocycles. The molecule has 0 bridgehead atoms. The molecule has 6 aliphatic rings. The van der Waals surface area contributed by atoms with E-state index >= 15 is 0 Å². The molecular weight excluding hydrogens is 924 g/mol. The fraction of sp³-hybridized carbons (Fsp3) is 0.440. The average molecular weight is 976 g/mol. The molecule has 12 rings (SSSR count). The fourth-order valence-corrected chi connectivity index (χ4v) is 13.3. The first-order valence-corrected chi connectivity index (χ1v) is 25.5. The lowest BCUT2D eigenvalue weighted by molar-refractivity contribution is -0.146. The number of nitrogens with zero attached hydrogens (tertiary/aromatic N) is 9. The number of aliphatic carboxylic acids is 1. The molecule has 1 amide bonds. The number of carbonyl (C=O) groups excluding carboxylic acids is 1. The number of anilines is 6. The number of fused-ring (bicyclic) bond motifs is 8. The average Bonchev–Trinajstić information content (AvgIpc) is 4.21. The van der Waals surface area contributed by atoms with E-state index in [2.05, 4.69) is 74.6 Å². The predicted molar refractivity (Wildman–Crippen MR) is 267 cm³/mol. The molecule has 69 heavy (non-hydrogen) atoms.